The molecule has 0 spiro atoms. The van der Waals surface area contributed by atoms with E-state index < -0.39 is 0 Å². The molecule has 2 aliphatic heterocycles. The largest absolute Gasteiger partial charge is 0.383 e. The second-order valence-electron chi connectivity index (χ2n) is 9.62. The maximum atomic E-state index is 14.0. The summed E-state index contributed by atoms with van der Waals surface area (Å²) in [6, 6.07) is 11.3. The van der Waals surface area contributed by atoms with Crippen LogP contribution in [0.4, 0.5) is 22.0 Å². The highest BCUT2D eigenvalue weighted by Gasteiger charge is 2.30. The van der Waals surface area contributed by atoms with E-state index in [0.717, 1.165) is 61.9 Å². The third-order valence-electron chi connectivity index (χ3n) is 7.11. The van der Waals surface area contributed by atoms with Gasteiger partial charge in [-0.25, -0.2) is 14.4 Å². The molecule has 0 aliphatic carbocycles. The molecule has 5 rings (SSSR count). The Balaban J connectivity index is 1.49. The van der Waals surface area contributed by atoms with Crippen molar-refractivity contribution in [3.8, 4) is 11.3 Å². The number of ether oxygens (including phenoxy) is 1. The Morgan fingerprint density at radius 3 is 2.72 bits per heavy atom. The quantitative estimate of drug-likeness (QED) is 0.464. The fourth-order valence-electron chi connectivity index (χ4n) is 5.21. The lowest BCUT2D eigenvalue weighted by Crippen LogP contribution is -2.52. The number of methoxy groups -OCH3 is 1. The van der Waals surface area contributed by atoms with Gasteiger partial charge in [-0.1, -0.05) is 11.6 Å². The summed E-state index contributed by atoms with van der Waals surface area (Å²) in [6.07, 6.45) is 3.90. The molecule has 2 aromatic heterocycles. The molecular formula is C27H32ClFN6O. The van der Waals surface area contributed by atoms with Gasteiger partial charge in [0, 0.05) is 57.2 Å². The van der Waals surface area contributed by atoms with E-state index in [0.29, 0.717) is 23.1 Å². The van der Waals surface area contributed by atoms with Crippen LogP contribution in [0.3, 0.4) is 0 Å². The van der Waals surface area contributed by atoms with E-state index in [1.54, 1.807) is 26.3 Å². The van der Waals surface area contributed by atoms with E-state index >= 15 is 0 Å². The van der Waals surface area contributed by atoms with Crippen LogP contribution in [0.15, 0.2) is 42.6 Å². The predicted molar refractivity (Wildman–Crippen MR) is 143 cm³/mol. The van der Waals surface area contributed by atoms with E-state index in [4.69, 9.17) is 26.3 Å². The summed E-state index contributed by atoms with van der Waals surface area (Å²) >= 11 is 6.42. The number of rotatable bonds is 6. The van der Waals surface area contributed by atoms with Crippen LogP contribution >= 0.6 is 11.6 Å². The van der Waals surface area contributed by atoms with Gasteiger partial charge in [-0.3, -0.25) is 0 Å². The second kappa shape index (κ2) is 10.6. The summed E-state index contributed by atoms with van der Waals surface area (Å²) in [5.41, 5.74) is 2.28. The molecule has 1 aromatic carbocycles. The Morgan fingerprint density at radius 2 is 1.97 bits per heavy atom. The molecule has 0 amide bonds. The van der Waals surface area contributed by atoms with Crippen LogP contribution in [0.2, 0.25) is 5.02 Å². The van der Waals surface area contributed by atoms with Crippen LogP contribution < -0.4 is 14.7 Å². The van der Waals surface area contributed by atoms with Crippen molar-refractivity contribution in [2.45, 2.75) is 38.8 Å². The molecule has 2 fully saturated rings. The average Bonchev–Trinajstić information content (AvgIpc) is 3.34. The number of hydrogen-bond acceptors (Lipinski definition) is 7. The monoisotopic (exact) mass is 510 g/mol. The van der Waals surface area contributed by atoms with Crippen LogP contribution in [0, 0.1) is 12.7 Å². The maximum Gasteiger partial charge on any atom is 0.228 e. The summed E-state index contributed by atoms with van der Waals surface area (Å²) in [4.78, 5) is 21.3. The molecule has 36 heavy (non-hydrogen) atoms. The van der Waals surface area contributed by atoms with E-state index in [1.165, 1.54) is 6.07 Å². The van der Waals surface area contributed by atoms with Gasteiger partial charge in [0.2, 0.25) is 5.95 Å². The SMILES string of the molecule is COC[C@@H]1CCCN1c1nc(-c2ccc(F)c(C)c2)cc(N2CCN(c3ncccc3Cl)C[C@H]2C)n1. The van der Waals surface area contributed by atoms with Crippen LogP contribution in [0.25, 0.3) is 11.3 Å². The molecule has 2 atom stereocenters. The molecule has 2 saturated heterocycles. The summed E-state index contributed by atoms with van der Waals surface area (Å²) in [7, 11) is 1.73. The normalized spacial score (nSPS) is 20.3. The molecule has 4 heterocycles. The average molecular weight is 511 g/mol. The molecule has 7 nitrogen and oxygen atoms in total. The number of aromatic nitrogens is 3. The van der Waals surface area contributed by atoms with Crippen molar-refractivity contribution in [1.29, 1.82) is 0 Å². The number of halogens is 2. The lowest BCUT2D eigenvalue weighted by atomic mass is 10.1. The van der Waals surface area contributed by atoms with Crippen molar-refractivity contribution in [3.05, 3.63) is 59.0 Å². The van der Waals surface area contributed by atoms with E-state index in [9.17, 15) is 4.39 Å². The second-order valence-corrected chi connectivity index (χ2v) is 10.0. The zero-order chi connectivity index (χ0) is 25.2. The summed E-state index contributed by atoms with van der Waals surface area (Å²) in [5.74, 6) is 2.17. The van der Waals surface area contributed by atoms with Gasteiger partial charge in [-0.05, 0) is 62.6 Å². The predicted octanol–water partition coefficient (Wildman–Crippen LogP) is 4.97. The van der Waals surface area contributed by atoms with Gasteiger partial charge in [0.1, 0.15) is 17.5 Å². The van der Waals surface area contributed by atoms with Crippen LogP contribution in [-0.2, 0) is 4.74 Å². The molecule has 3 aromatic rings. The van der Waals surface area contributed by atoms with Crippen LogP contribution in [0.1, 0.15) is 25.3 Å². The van der Waals surface area contributed by atoms with Gasteiger partial charge >= 0.3 is 0 Å². The van der Waals surface area contributed by atoms with Gasteiger partial charge in [0.05, 0.1) is 23.4 Å². The zero-order valence-electron chi connectivity index (χ0n) is 21.0. The topological polar surface area (TPSA) is 57.6 Å². The van der Waals surface area contributed by atoms with Gasteiger partial charge in [-0.2, -0.15) is 4.98 Å². The fourth-order valence-corrected chi connectivity index (χ4v) is 5.46. The minimum Gasteiger partial charge on any atom is -0.383 e. The molecular weight excluding hydrogens is 479 g/mol. The first-order chi connectivity index (χ1) is 17.4. The Labute approximate surface area is 216 Å². The first-order valence-electron chi connectivity index (χ1n) is 12.5. The third kappa shape index (κ3) is 4.97. The Hall–Kier alpha value is -2.97. The first kappa shape index (κ1) is 24.7. The molecule has 190 valence electrons. The molecule has 0 bridgehead atoms. The first-order valence-corrected chi connectivity index (χ1v) is 12.9. The number of hydrogen-bond donors (Lipinski definition) is 0. The smallest absolute Gasteiger partial charge is 0.228 e. The molecule has 0 N–H and O–H groups in total. The number of pyridine rings is 1. The van der Waals surface area contributed by atoms with E-state index in [1.807, 2.05) is 24.3 Å². The van der Waals surface area contributed by atoms with Gasteiger partial charge in [-0.15, -0.1) is 0 Å². The van der Waals surface area contributed by atoms with Crippen LogP contribution in [-0.4, -0.2) is 66.9 Å². The third-order valence-corrected chi connectivity index (χ3v) is 7.40. The molecule has 0 saturated carbocycles. The molecule has 9 heteroatoms. The number of benzene rings is 1. The van der Waals surface area contributed by atoms with Crippen molar-refractivity contribution < 1.29 is 9.13 Å². The molecule has 0 radical (unpaired) electrons. The van der Waals surface area contributed by atoms with E-state index in [-0.39, 0.29) is 17.9 Å². The highest BCUT2D eigenvalue weighted by atomic mass is 35.5. The summed E-state index contributed by atoms with van der Waals surface area (Å²) < 4.78 is 19.5. The number of nitrogens with zero attached hydrogens (tertiary/aromatic N) is 6. The van der Waals surface area contributed by atoms with Crippen molar-refractivity contribution in [2.75, 3.05) is 54.6 Å². The Morgan fingerprint density at radius 1 is 1.11 bits per heavy atom. The minimum atomic E-state index is -0.217. The van der Waals surface area contributed by atoms with Gasteiger partial charge in [0.15, 0.2) is 0 Å². The zero-order valence-corrected chi connectivity index (χ0v) is 21.7. The van der Waals surface area contributed by atoms with Crippen molar-refractivity contribution in [1.82, 2.24) is 15.0 Å². The standard InChI is InChI=1S/C27H32ClFN6O/c1-18-14-20(8-9-23(18)29)24-15-25(32-27(31-24)35-11-5-6-21(35)17-36-3)34-13-12-33(16-19(34)2)26-22(28)7-4-10-30-26/h4,7-10,14-15,19,21H,5-6,11-13,16-17H2,1-3H3/t19-,21+/m1/s1. The highest BCUT2D eigenvalue weighted by molar-refractivity contribution is 6.32. The van der Waals surface area contributed by atoms with Gasteiger partial charge in [0.25, 0.3) is 0 Å². The van der Waals surface area contributed by atoms with Crippen molar-refractivity contribution >= 4 is 29.2 Å². The lowest BCUT2D eigenvalue weighted by molar-refractivity contribution is 0.180. The highest BCUT2D eigenvalue weighted by Crippen LogP contribution is 2.32. The fraction of sp³-hybridized carbons (Fsp3) is 0.444. The maximum absolute atomic E-state index is 14.0. The summed E-state index contributed by atoms with van der Waals surface area (Å²) in [6.45, 7) is 7.82. The molecule has 0 unspecified atom stereocenters. The van der Waals surface area contributed by atoms with Crippen LogP contribution in [0.5, 0.6) is 0 Å². The van der Waals surface area contributed by atoms with Crippen molar-refractivity contribution in [3.63, 3.8) is 0 Å². The minimum absolute atomic E-state index is 0.177. The Bertz CT molecular complexity index is 1230. The van der Waals surface area contributed by atoms with Gasteiger partial charge < -0.3 is 19.4 Å². The lowest BCUT2D eigenvalue weighted by Gasteiger charge is -2.41. The Kier molecular flexibility index (Phi) is 7.25. The molecule has 2 aliphatic rings. The number of piperazine rings is 1. The number of anilines is 3. The summed E-state index contributed by atoms with van der Waals surface area (Å²) in [5, 5.41) is 0.662. The van der Waals surface area contributed by atoms with Crippen molar-refractivity contribution in [2.24, 2.45) is 0 Å². The number of aryl methyl sites for hydroxylation is 1. The van der Waals surface area contributed by atoms with E-state index in [2.05, 4.69) is 26.6 Å².